The number of ether oxygens (including phenoxy) is 1. The third kappa shape index (κ3) is 2.89. The van der Waals surface area contributed by atoms with Crippen molar-refractivity contribution in [1.82, 2.24) is 0 Å². The first-order valence-corrected chi connectivity index (χ1v) is 6.64. The Balaban J connectivity index is 1.94. The van der Waals surface area contributed by atoms with Gasteiger partial charge in [-0.15, -0.1) is 0 Å². The molecule has 0 aromatic heterocycles. The fourth-order valence-electron chi connectivity index (χ4n) is 1.88. The van der Waals surface area contributed by atoms with Crippen molar-refractivity contribution in [3.05, 3.63) is 75.9 Å². The zero-order valence-corrected chi connectivity index (χ0v) is 11.8. The van der Waals surface area contributed by atoms with E-state index >= 15 is 0 Å². The second-order valence-corrected chi connectivity index (χ2v) is 4.95. The number of rotatable bonds is 2. The molecule has 3 rings (SSSR count). The van der Waals surface area contributed by atoms with Gasteiger partial charge in [0.2, 0.25) is 5.90 Å². The smallest absolute Gasteiger partial charge is 0.363 e. The minimum atomic E-state index is -1.04. The Hall–Kier alpha value is -2.53. The Morgan fingerprint density at radius 2 is 1.77 bits per heavy atom. The number of esters is 1. The number of benzene rings is 2. The number of aliphatic imine (C=N–C) groups is 1. The molecule has 1 aliphatic heterocycles. The molecule has 0 aliphatic carbocycles. The van der Waals surface area contributed by atoms with E-state index < -0.39 is 17.6 Å². The van der Waals surface area contributed by atoms with Gasteiger partial charge in [0.25, 0.3) is 0 Å². The molecule has 0 N–H and O–H groups in total. The van der Waals surface area contributed by atoms with Crippen LogP contribution < -0.4 is 0 Å². The van der Waals surface area contributed by atoms with E-state index in [4.69, 9.17) is 16.3 Å². The number of carbonyl (C=O) groups is 1. The summed E-state index contributed by atoms with van der Waals surface area (Å²) in [5, 5.41) is 0.571. The maximum Gasteiger partial charge on any atom is 0.363 e. The van der Waals surface area contributed by atoms with E-state index in [9.17, 15) is 13.6 Å². The quantitative estimate of drug-likeness (QED) is 0.620. The molecule has 0 spiro atoms. The van der Waals surface area contributed by atoms with Crippen molar-refractivity contribution in [2.75, 3.05) is 0 Å². The van der Waals surface area contributed by atoms with Gasteiger partial charge in [0.05, 0.1) is 0 Å². The van der Waals surface area contributed by atoms with Gasteiger partial charge in [-0.3, -0.25) is 0 Å². The van der Waals surface area contributed by atoms with Gasteiger partial charge >= 0.3 is 5.97 Å². The molecule has 22 heavy (non-hydrogen) atoms. The average Bonchev–Trinajstić information content (AvgIpc) is 2.85. The normalized spacial score (nSPS) is 15.9. The standard InChI is InChI=1S/C16H8ClF2NO2/c17-11-4-1-9(2-5-11)7-14-16(21)22-15(20-14)10-3-6-12(18)13(19)8-10/h1-8H/b14-7+. The lowest BCUT2D eigenvalue weighted by Crippen LogP contribution is -2.06. The van der Waals surface area contributed by atoms with E-state index in [1.54, 1.807) is 24.3 Å². The third-order valence-electron chi connectivity index (χ3n) is 2.96. The monoisotopic (exact) mass is 319 g/mol. The lowest BCUT2D eigenvalue weighted by atomic mass is 10.2. The predicted molar refractivity (Wildman–Crippen MR) is 78.4 cm³/mol. The molecular formula is C16H8ClF2NO2. The van der Waals surface area contributed by atoms with Crippen LogP contribution in [0.5, 0.6) is 0 Å². The SMILES string of the molecule is O=C1OC(c2ccc(F)c(F)c2)=N/C1=C/c1ccc(Cl)cc1. The fraction of sp³-hybridized carbons (Fsp3) is 0. The van der Waals surface area contributed by atoms with Gasteiger partial charge in [0, 0.05) is 10.6 Å². The van der Waals surface area contributed by atoms with Crippen LogP contribution in [0, 0.1) is 11.6 Å². The van der Waals surface area contributed by atoms with Crippen LogP contribution in [0.2, 0.25) is 5.02 Å². The summed E-state index contributed by atoms with van der Waals surface area (Å²) < 4.78 is 31.1. The summed E-state index contributed by atoms with van der Waals surface area (Å²) in [4.78, 5) is 15.8. The molecule has 0 radical (unpaired) electrons. The summed E-state index contributed by atoms with van der Waals surface area (Å²) >= 11 is 5.78. The molecule has 110 valence electrons. The van der Waals surface area contributed by atoms with E-state index in [-0.39, 0.29) is 17.2 Å². The van der Waals surface area contributed by atoms with Crippen molar-refractivity contribution in [1.29, 1.82) is 0 Å². The highest BCUT2D eigenvalue weighted by Gasteiger charge is 2.24. The van der Waals surface area contributed by atoms with Crippen LogP contribution in [0.15, 0.2) is 53.2 Å². The van der Waals surface area contributed by atoms with Gasteiger partial charge in [-0.05, 0) is 42.0 Å². The Morgan fingerprint density at radius 3 is 2.45 bits per heavy atom. The molecule has 0 bridgehead atoms. The topological polar surface area (TPSA) is 38.7 Å². The van der Waals surface area contributed by atoms with Crippen molar-refractivity contribution in [2.45, 2.75) is 0 Å². The van der Waals surface area contributed by atoms with Crippen molar-refractivity contribution in [3.8, 4) is 0 Å². The summed E-state index contributed by atoms with van der Waals surface area (Å²) in [5.74, 6) is -2.74. The zero-order chi connectivity index (χ0) is 15.7. The first kappa shape index (κ1) is 14.4. The Bertz CT molecular complexity index is 813. The second kappa shape index (κ2) is 5.69. The molecule has 0 atom stereocenters. The van der Waals surface area contributed by atoms with Gasteiger partial charge in [-0.25, -0.2) is 18.6 Å². The number of hydrogen-bond acceptors (Lipinski definition) is 3. The van der Waals surface area contributed by atoms with Crippen LogP contribution in [-0.4, -0.2) is 11.9 Å². The number of carbonyl (C=O) groups excluding carboxylic acids is 1. The van der Waals surface area contributed by atoms with Gasteiger partial charge in [0.1, 0.15) is 0 Å². The molecule has 3 nitrogen and oxygen atoms in total. The predicted octanol–water partition coefficient (Wildman–Crippen LogP) is 3.96. The molecule has 1 aliphatic rings. The Labute approximate surface area is 129 Å². The second-order valence-electron chi connectivity index (χ2n) is 4.52. The Morgan fingerprint density at radius 1 is 1.05 bits per heavy atom. The first-order valence-electron chi connectivity index (χ1n) is 6.26. The molecule has 6 heteroatoms. The zero-order valence-electron chi connectivity index (χ0n) is 11.0. The summed E-state index contributed by atoms with van der Waals surface area (Å²) in [5.41, 5.74) is 0.973. The summed E-state index contributed by atoms with van der Waals surface area (Å²) in [6, 6.07) is 9.94. The van der Waals surface area contributed by atoms with Crippen LogP contribution in [0.1, 0.15) is 11.1 Å². The lowest BCUT2D eigenvalue weighted by molar-refractivity contribution is -0.129. The summed E-state index contributed by atoms with van der Waals surface area (Å²) in [6.45, 7) is 0. The van der Waals surface area contributed by atoms with Crippen LogP contribution in [0.4, 0.5) is 8.78 Å². The van der Waals surface area contributed by atoms with Crippen molar-refractivity contribution in [3.63, 3.8) is 0 Å². The highest BCUT2D eigenvalue weighted by Crippen LogP contribution is 2.21. The van der Waals surface area contributed by atoms with Crippen molar-refractivity contribution < 1.29 is 18.3 Å². The third-order valence-corrected chi connectivity index (χ3v) is 3.21. The van der Waals surface area contributed by atoms with Crippen LogP contribution in [0.3, 0.4) is 0 Å². The molecule has 0 saturated carbocycles. The summed E-state index contributed by atoms with van der Waals surface area (Å²) in [7, 11) is 0. The van der Waals surface area contributed by atoms with Crippen LogP contribution >= 0.6 is 11.6 Å². The Kier molecular flexibility index (Phi) is 3.73. The molecule has 2 aromatic rings. The highest BCUT2D eigenvalue weighted by molar-refractivity contribution is 6.30. The van der Waals surface area contributed by atoms with E-state index in [1.807, 2.05) is 0 Å². The van der Waals surface area contributed by atoms with Crippen molar-refractivity contribution in [2.24, 2.45) is 4.99 Å². The van der Waals surface area contributed by atoms with Gasteiger partial charge < -0.3 is 4.74 Å². The minimum absolute atomic E-state index is 0.0656. The largest absolute Gasteiger partial charge is 0.402 e. The maximum absolute atomic E-state index is 13.2. The minimum Gasteiger partial charge on any atom is -0.402 e. The van der Waals surface area contributed by atoms with Gasteiger partial charge in [0.15, 0.2) is 17.3 Å². The van der Waals surface area contributed by atoms with E-state index in [0.717, 1.165) is 12.1 Å². The summed E-state index contributed by atoms with van der Waals surface area (Å²) in [6.07, 6.45) is 1.52. The van der Waals surface area contributed by atoms with E-state index in [2.05, 4.69) is 4.99 Å². The number of cyclic esters (lactones) is 1. The highest BCUT2D eigenvalue weighted by atomic mass is 35.5. The molecule has 0 saturated heterocycles. The number of nitrogens with zero attached hydrogens (tertiary/aromatic N) is 1. The molecule has 0 fully saturated rings. The number of hydrogen-bond donors (Lipinski definition) is 0. The van der Waals surface area contributed by atoms with Gasteiger partial charge in [-0.1, -0.05) is 23.7 Å². The molecule has 1 heterocycles. The molecule has 0 amide bonds. The van der Waals surface area contributed by atoms with Crippen LogP contribution in [-0.2, 0) is 9.53 Å². The average molecular weight is 320 g/mol. The van der Waals surface area contributed by atoms with E-state index in [1.165, 1.54) is 12.1 Å². The van der Waals surface area contributed by atoms with E-state index in [0.29, 0.717) is 10.6 Å². The lowest BCUT2D eigenvalue weighted by Gasteiger charge is -1.99. The molecular weight excluding hydrogens is 312 g/mol. The molecule has 2 aromatic carbocycles. The van der Waals surface area contributed by atoms with Crippen LogP contribution in [0.25, 0.3) is 6.08 Å². The fourth-order valence-corrected chi connectivity index (χ4v) is 2.00. The van der Waals surface area contributed by atoms with Crippen molar-refractivity contribution >= 4 is 29.5 Å². The number of halogens is 3. The van der Waals surface area contributed by atoms with Gasteiger partial charge in [-0.2, -0.15) is 0 Å². The maximum atomic E-state index is 13.2. The molecule has 0 unspecified atom stereocenters. The first-order chi connectivity index (χ1) is 10.5.